The molecule has 0 spiro atoms. The minimum absolute atomic E-state index is 0.0874. The van der Waals surface area contributed by atoms with E-state index in [2.05, 4.69) is 10.6 Å². The van der Waals surface area contributed by atoms with Crippen LogP contribution in [0.2, 0.25) is 4.34 Å². The predicted octanol–water partition coefficient (Wildman–Crippen LogP) is 3.89. The Morgan fingerprint density at radius 2 is 1.88 bits per heavy atom. The number of anilines is 2. The first-order valence-corrected chi connectivity index (χ1v) is 12.7. The number of thiophene rings is 1. The van der Waals surface area contributed by atoms with E-state index in [1.165, 1.54) is 47.0 Å². The molecule has 0 bridgehead atoms. The van der Waals surface area contributed by atoms with Crippen molar-refractivity contribution in [1.82, 2.24) is 9.29 Å². The predicted molar refractivity (Wildman–Crippen MR) is 132 cm³/mol. The number of halogens is 1. The summed E-state index contributed by atoms with van der Waals surface area (Å²) in [6, 6.07) is 13.0. The second kappa shape index (κ2) is 8.35. The molecule has 2 aromatic carbocycles. The molecule has 0 aliphatic carbocycles. The lowest BCUT2D eigenvalue weighted by molar-refractivity contribution is 0.256. The average molecular weight is 517 g/mol. The molecule has 0 fully saturated rings. The van der Waals surface area contributed by atoms with Crippen LogP contribution in [0, 0.1) is 0 Å². The van der Waals surface area contributed by atoms with Crippen LogP contribution in [0.3, 0.4) is 0 Å². The average Bonchev–Trinajstić information content (AvgIpc) is 3.42. The van der Waals surface area contributed by atoms with Crippen molar-refractivity contribution in [1.29, 1.82) is 0 Å². The molecule has 1 aliphatic heterocycles. The Labute approximate surface area is 202 Å². The molecular formula is C22H17ClN4O5S2. The number of aromatic hydroxyl groups is 1. The van der Waals surface area contributed by atoms with Crippen molar-refractivity contribution >= 4 is 61.1 Å². The molecule has 9 nitrogen and oxygen atoms in total. The second-order valence-electron chi connectivity index (χ2n) is 7.58. The van der Waals surface area contributed by atoms with Crippen LogP contribution in [0.1, 0.15) is 5.56 Å². The maximum Gasteiger partial charge on any atom is 0.333 e. The van der Waals surface area contributed by atoms with Crippen LogP contribution >= 0.6 is 22.9 Å². The summed E-state index contributed by atoms with van der Waals surface area (Å²) in [5.41, 5.74) is 2.29. The normalized spacial score (nSPS) is 12.9. The maximum atomic E-state index is 12.7. The molecule has 0 radical (unpaired) electrons. The summed E-state index contributed by atoms with van der Waals surface area (Å²) in [6.07, 6.45) is 0.835. The van der Waals surface area contributed by atoms with E-state index in [1.807, 2.05) is 16.9 Å². The van der Waals surface area contributed by atoms with Gasteiger partial charge in [0.25, 0.3) is 15.6 Å². The van der Waals surface area contributed by atoms with Gasteiger partial charge < -0.3 is 15.7 Å². The van der Waals surface area contributed by atoms with E-state index in [9.17, 15) is 23.1 Å². The van der Waals surface area contributed by atoms with Crippen molar-refractivity contribution in [2.45, 2.75) is 10.6 Å². The Morgan fingerprint density at radius 1 is 1.12 bits per heavy atom. The number of pyridine rings is 1. The Kier molecular flexibility index (Phi) is 5.47. The third kappa shape index (κ3) is 4.09. The molecule has 2 aromatic heterocycles. The van der Waals surface area contributed by atoms with Gasteiger partial charge in [0, 0.05) is 29.4 Å². The minimum Gasteiger partial charge on any atom is -0.494 e. The van der Waals surface area contributed by atoms with Gasteiger partial charge >= 0.3 is 6.03 Å². The fourth-order valence-electron chi connectivity index (χ4n) is 3.81. The molecule has 0 atom stereocenters. The first-order valence-electron chi connectivity index (χ1n) is 10.1. The van der Waals surface area contributed by atoms with Gasteiger partial charge in [-0.3, -0.25) is 4.79 Å². The molecule has 5 rings (SSSR count). The van der Waals surface area contributed by atoms with Crippen LogP contribution in [0.25, 0.3) is 16.5 Å². The highest BCUT2D eigenvalue weighted by atomic mass is 35.5. The Morgan fingerprint density at radius 3 is 2.59 bits per heavy atom. The summed E-state index contributed by atoms with van der Waals surface area (Å²) in [4.78, 5) is 24.9. The van der Waals surface area contributed by atoms with E-state index in [0.29, 0.717) is 16.5 Å². The lowest BCUT2D eigenvalue weighted by Gasteiger charge is -2.13. The minimum atomic E-state index is -4.06. The van der Waals surface area contributed by atoms with Crippen molar-refractivity contribution in [3.63, 3.8) is 0 Å². The van der Waals surface area contributed by atoms with Crippen LogP contribution in [0.5, 0.6) is 5.88 Å². The summed E-state index contributed by atoms with van der Waals surface area (Å²) in [6.45, 7) is 0.807. The van der Waals surface area contributed by atoms with E-state index in [1.54, 1.807) is 0 Å². The summed E-state index contributed by atoms with van der Waals surface area (Å²) >= 11 is 6.59. The van der Waals surface area contributed by atoms with Gasteiger partial charge in [-0.05, 0) is 65.9 Å². The van der Waals surface area contributed by atoms with Crippen LogP contribution in [-0.2, 0) is 16.4 Å². The van der Waals surface area contributed by atoms with Crippen LogP contribution in [0.15, 0.2) is 63.6 Å². The highest BCUT2D eigenvalue weighted by molar-refractivity contribution is 7.92. The highest BCUT2D eigenvalue weighted by Crippen LogP contribution is 2.33. The number of sulfonamides is 1. The fourth-order valence-corrected chi connectivity index (χ4v) is 6.20. The number of fused-ring (bicyclic) bond motifs is 2. The number of amides is 2. The number of rotatable bonds is 4. The third-order valence-corrected chi connectivity index (χ3v) is 8.42. The zero-order chi connectivity index (χ0) is 24.0. The fraction of sp³-hybridized carbons (Fsp3) is 0.0909. The highest BCUT2D eigenvalue weighted by Gasteiger charge is 2.20. The number of urea groups is 1. The van der Waals surface area contributed by atoms with Gasteiger partial charge in [0.05, 0.1) is 10.0 Å². The summed E-state index contributed by atoms with van der Waals surface area (Å²) in [5, 5.41) is 17.7. The van der Waals surface area contributed by atoms with Crippen molar-refractivity contribution in [3.8, 4) is 11.6 Å². The number of benzene rings is 2. The Bertz CT molecular complexity index is 1610. The van der Waals surface area contributed by atoms with Crippen LogP contribution < -0.4 is 20.9 Å². The van der Waals surface area contributed by atoms with Gasteiger partial charge in [0.15, 0.2) is 0 Å². The SMILES string of the molecule is O=C(Nc1ccc(-n2c(O)c3cc4c(cc3cc2=O)NCC4)cc1)NS(=O)(=O)c1ccc(Cl)s1. The number of aromatic nitrogens is 1. The van der Waals surface area contributed by atoms with Gasteiger partial charge in [-0.15, -0.1) is 11.3 Å². The quantitative estimate of drug-likeness (QED) is 0.325. The molecule has 4 N–H and O–H groups in total. The molecule has 1 aliphatic rings. The van der Waals surface area contributed by atoms with Gasteiger partial charge in [-0.1, -0.05) is 11.6 Å². The van der Waals surface area contributed by atoms with E-state index >= 15 is 0 Å². The molecular weight excluding hydrogens is 500 g/mol. The van der Waals surface area contributed by atoms with Crippen LogP contribution in [-0.4, -0.2) is 30.7 Å². The number of carbonyl (C=O) groups excluding carboxylic acids is 1. The smallest absolute Gasteiger partial charge is 0.333 e. The molecule has 174 valence electrons. The topological polar surface area (TPSA) is 130 Å². The Hall–Kier alpha value is -3.54. The molecule has 34 heavy (non-hydrogen) atoms. The van der Waals surface area contributed by atoms with Gasteiger partial charge in [0.2, 0.25) is 5.88 Å². The third-order valence-electron chi connectivity index (χ3n) is 5.36. The molecule has 2 amide bonds. The van der Waals surface area contributed by atoms with E-state index in [-0.39, 0.29) is 20.1 Å². The van der Waals surface area contributed by atoms with Crippen molar-refractivity contribution in [2.24, 2.45) is 0 Å². The van der Waals surface area contributed by atoms with Gasteiger partial charge in [0.1, 0.15) is 4.21 Å². The van der Waals surface area contributed by atoms with Gasteiger partial charge in [-0.2, -0.15) is 0 Å². The largest absolute Gasteiger partial charge is 0.494 e. The van der Waals surface area contributed by atoms with Crippen molar-refractivity contribution in [2.75, 3.05) is 17.2 Å². The summed E-state index contributed by atoms with van der Waals surface area (Å²) in [7, 11) is -4.06. The number of hydrogen-bond donors (Lipinski definition) is 4. The lowest BCUT2D eigenvalue weighted by atomic mass is 10.1. The van der Waals surface area contributed by atoms with E-state index in [0.717, 1.165) is 35.6 Å². The van der Waals surface area contributed by atoms with Gasteiger partial charge in [-0.25, -0.2) is 22.5 Å². The molecule has 0 unspecified atom stereocenters. The zero-order valence-electron chi connectivity index (χ0n) is 17.3. The molecule has 3 heterocycles. The molecule has 12 heteroatoms. The van der Waals surface area contributed by atoms with Crippen molar-refractivity contribution < 1.29 is 18.3 Å². The zero-order valence-corrected chi connectivity index (χ0v) is 19.7. The van der Waals surface area contributed by atoms with E-state index < -0.39 is 21.6 Å². The lowest BCUT2D eigenvalue weighted by Crippen LogP contribution is -2.33. The summed E-state index contributed by atoms with van der Waals surface area (Å²) < 4.78 is 27.8. The second-order valence-corrected chi connectivity index (χ2v) is 11.2. The number of carbonyl (C=O) groups is 1. The maximum absolute atomic E-state index is 12.7. The number of nitrogens with one attached hydrogen (secondary N) is 3. The molecule has 4 aromatic rings. The molecule has 0 saturated heterocycles. The van der Waals surface area contributed by atoms with Crippen LogP contribution in [0.4, 0.5) is 16.2 Å². The number of hydrogen-bond acceptors (Lipinski definition) is 7. The van der Waals surface area contributed by atoms with E-state index in [4.69, 9.17) is 11.6 Å². The first-order chi connectivity index (χ1) is 16.2. The Balaban J connectivity index is 1.38. The monoisotopic (exact) mass is 516 g/mol. The first kappa shape index (κ1) is 22.3. The standard InChI is InChI=1S/C22H17ClN4O5S2/c23-18-5-6-20(33-18)34(31,32)26-22(30)25-14-1-3-15(4-2-14)27-19(28)11-13-10-17-12(7-8-24-17)9-16(13)21(27)29/h1-6,9-11,24,29H,7-8H2,(H2,25,26,30). The number of nitrogens with zero attached hydrogens (tertiary/aromatic N) is 1. The van der Waals surface area contributed by atoms with Crippen molar-refractivity contribution in [3.05, 3.63) is 74.9 Å². The molecule has 0 saturated carbocycles. The summed E-state index contributed by atoms with van der Waals surface area (Å²) in [5.74, 6) is -0.184.